The Bertz CT molecular complexity index is 480. The van der Waals surface area contributed by atoms with Crippen LogP contribution in [0, 0.1) is 0 Å². The molecular formula is C21H40N2O5S2. The van der Waals surface area contributed by atoms with E-state index in [0.717, 1.165) is 19.3 Å². The smallest absolute Gasteiger partial charge is 0.329 e. The van der Waals surface area contributed by atoms with E-state index in [0.29, 0.717) is 17.9 Å². The highest BCUT2D eigenvalue weighted by molar-refractivity contribution is 8.76. The van der Waals surface area contributed by atoms with Gasteiger partial charge in [-0.3, -0.25) is 9.59 Å². The zero-order valence-corrected chi connectivity index (χ0v) is 20.4. The summed E-state index contributed by atoms with van der Waals surface area (Å²) in [6.45, 7) is 2.23. The summed E-state index contributed by atoms with van der Waals surface area (Å²) < 4.78 is 9.35. The van der Waals surface area contributed by atoms with Gasteiger partial charge in [-0.2, -0.15) is 0 Å². The van der Waals surface area contributed by atoms with Crippen LogP contribution >= 0.6 is 21.6 Å². The summed E-state index contributed by atoms with van der Waals surface area (Å²) >= 11 is 0. The summed E-state index contributed by atoms with van der Waals surface area (Å²) in [7, 11) is 5.31. The lowest BCUT2D eigenvalue weighted by atomic mass is 10.1. The second kappa shape index (κ2) is 20.0. The Morgan fingerprint density at radius 3 is 1.83 bits per heavy atom. The second-order valence-electron chi connectivity index (χ2n) is 7.27. The minimum Gasteiger partial charge on any atom is -0.468 e. The lowest BCUT2D eigenvalue weighted by Crippen LogP contribution is -2.43. The molecule has 1 unspecified atom stereocenters. The highest BCUT2D eigenvalue weighted by atomic mass is 33.1. The van der Waals surface area contributed by atoms with E-state index in [-0.39, 0.29) is 5.91 Å². The Labute approximate surface area is 189 Å². The molecule has 9 heteroatoms. The van der Waals surface area contributed by atoms with Gasteiger partial charge in [0.1, 0.15) is 12.1 Å². The van der Waals surface area contributed by atoms with E-state index < -0.39 is 24.0 Å². The predicted molar refractivity (Wildman–Crippen MR) is 125 cm³/mol. The molecule has 0 aromatic heterocycles. The molecule has 30 heavy (non-hydrogen) atoms. The molecule has 0 heterocycles. The van der Waals surface area contributed by atoms with Gasteiger partial charge in [0.15, 0.2) is 0 Å². The molecule has 0 aromatic carbocycles. The number of rotatable bonds is 19. The van der Waals surface area contributed by atoms with E-state index >= 15 is 0 Å². The van der Waals surface area contributed by atoms with Crippen molar-refractivity contribution in [2.24, 2.45) is 5.73 Å². The third kappa shape index (κ3) is 15.8. The maximum Gasteiger partial charge on any atom is 0.329 e. The van der Waals surface area contributed by atoms with Gasteiger partial charge in [-0.05, 0) is 6.42 Å². The van der Waals surface area contributed by atoms with Gasteiger partial charge in [0.25, 0.3) is 0 Å². The molecule has 0 aliphatic carbocycles. The van der Waals surface area contributed by atoms with Crippen molar-refractivity contribution in [1.82, 2.24) is 5.32 Å². The van der Waals surface area contributed by atoms with Crippen LogP contribution in [0.2, 0.25) is 0 Å². The van der Waals surface area contributed by atoms with Crippen LogP contribution in [-0.4, -0.2) is 55.7 Å². The van der Waals surface area contributed by atoms with Crippen LogP contribution in [0.5, 0.6) is 0 Å². The number of nitrogens with one attached hydrogen (secondary N) is 1. The van der Waals surface area contributed by atoms with E-state index in [1.807, 2.05) is 0 Å². The summed E-state index contributed by atoms with van der Waals surface area (Å²) in [4.78, 5) is 35.4. The molecule has 0 saturated heterocycles. The molecule has 0 aliphatic heterocycles. The van der Waals surface area contributed by atoms with Crippen molar-refractivity contribution < 1.29 is 23.9 Å². The molecule has 0 aromatic rings. The fourth-order valence-electron chi connectivity index (χ4n) is 2.81. The lowest BCUT2D eigenvalue weighted by molar-refractivity contribution is -0.144. The summed E-state index contributed by atoms with van der Waals surface area (Å²) in [5, 5.41) is 2.75. The maximum absolute atomic E-state index is 12.2. The van der Waals surface area contributed by atoms with Gasteiger partial charge in [-0.25, -0.2) is 4.79 Å². The van der Waals surface area contributed by atoms with Crippen molar-refractivity contribution >= 4 is 39.4 Å². The highest BCUT2D eigenvalue weighted by Gasteiger charge is 2.22. The van der Waals surface area contributed by atoms with Crippen LogP contribution in [-0.2, 0) is 23.9 Å². The molecule has 2 atom stereocenters. The van der Waals surface area contributed by atoms with Gasteiger partial charge in [-0.1, -0.05) is 86.3 Å². The third-order valence-electron chi connectivity index (χ3n) is 4.65. The van der Waals surface area contributed by atoms with Crippen LogP contribution in [0.4, 0.5) is 0 Å². The third-order valence-corrected chi connectivity index (χ3v) is 7.10. The topological polar surface area (TPSA) is 108 Å². The first-order chi connectivity index (χ1) is 14.5. The molecule has 7 nitrogen and oxygen atoms in total. The molecule has 0 radical (unpaired) electrons. The first-order valence-electron chi connectivity index (χ1n) is 10.9. The lowest BCUT2D eigenvalue weighted by Gasteiger charge is -2.16. The number of carbonyl (C=O) groups excluding carboxylic acids is 3. The average molecular weight is 465 g/mol. The number of carbonyl (C=O) groups is 3. The zero-order valence-electron chi connectivity index (χ0n) is 18.8. The predicted octanol–water partition coefficient (Wildman–Crippen LogP) is 3.84. The van der Waals surface area contributed by atoms with E-state index in [1.54, 1.807) is 0 Å². The van der Waals surface area contributed by atoms with Gasteiger partial charge < -0.3 is 20.5 Å². The van der Waals surface area contributed by atoms with Crippen LogP contribution in [0.1, 0.15) is 77.6 Å². The van der Waals surface area contributed by atoms with Crippen molar-refractivity contribution in [1.29, 1.82) is 0 Å². The summed E-state index contributed by atoms with van der Waals surface area (Å²) in [6.07, 6.45) is 12.5. The number of amides is 1. The van der Waals surface area contributed by atoms with Crippen LogP contribution in [0.3, 0.4) is 0 Å². The fourth-order valence-corrected chi connectivity index (χ4v) is 5.06. The molecular weight excluding hydrogens is 424 g/mol. The minimum absolute atomic E-state index is 0.137. The van der Waals surface area contributed by atoms with Crippen molar-refractivity contribution in [2.75, 3.05) is 25.7 Å². The van der Waals surface area contributed by atoms with Crippen molar-refractivity contribution in [3.63, 3.8) is 0 Å². The molecule has 0 aliphatic rings. The number of nitrogens with two attached hydrogens (primary N) is 1. The fraction of sp³-hybridized carbons (Fsp3) is 0.857. The quantitative estimate of drug-likeness (QED) is 0.169. The normalized spacial score (nSPS) is 12.8. The van der Waals surface area contributed by atoms with Crippen LogP contribution < -0.4 is 11.1 Å². The molecule has 0 spiro atoms. The first-order valence-corrected chi connectivity index (χ1v) is 13.4. The summed E-state index contributed by atoms with van der Waals surface area (Å²) in [6, 6.07) is -1.42. The number of methoxy groups -OCH3 is 2. The number of unbranched alkanes of at least 4 members (excludes halogenated alkanes) is 9. The largest absolute Gasteiger partial charge is 0.468 e. The molecule has 0 rings (SSSR count). The Kier molecular flexibility index (Phi) is 19.4. The summed E-state index contributed by atoms with van der Waals surface area (Å²) in [5.41, 5.74) is 5.67. The monoisotopic (exact) mass is 464 g/mol. The van der Waals surface area contributed by atoms with Crippen molar-refractivity contribution in [3.05, 3.63) is 0 Å². The van der Waals surface area contributed by atoms with E-state index in [1.165, 1.54) is 80.8 Å². The Balaban J connectivity index is 3.93. The number of hydrogen-bond donors (Lipinski definition) is 2. The zero-order chi connectivity index (χ0) is 22.6. The standard InChI is InChI=1S/C21H40N2O5S2/c1-4-5-6-7-8-9-10-11-12-13-14-19(24)23-18(21(26)28-3)16-30-29-15-17(22)20(25)27-2/h17-18H,4-16,22H2,1-3H3,(H,23,24)/t17?,18-/m0/s1. The van der Waals surface area contributed by atoms with Gasteiger partial charge in [0, 0.05) is 17.9 Å². The Morgan fingerprint density at radius 1 is 0.800 bits per heavy atom. The maximum atomic E-state index is 12.2. The Morgan fingerprint density at radius 2 is 1.30 bits per heavy atom. The minimum atomic E-state index is -0.713. The average Bonchev–Trinajstić information content (AvgIpc) is 2.75. The SMILES string of the molecule is CCCCCCCCCCCCC(=O)N[C@@H](CSSCC(N)C(=O)OC)C(=O)OC. The van der Waals surface area contributed by atoms with Gasteiger partial charge in [-0.15, -0.1) is 0 Å². The molecule has 0 fully saturated rings. The van der Waals surface area contributed by atoms with Gasteiger partial charge in [0.05, 0.1) is 14.2 Å². The van der Waals surface area contributed by atoms with Gasteiger partial charge >= 0.3 is 11.9 Å². The van der Waals surface area contributed by atoms with Crippen molar-refractivity contribution in [3.8, 4) is 0 Å². The number of esters is 2. The molecule has 0 saturated carbocycles. The highest BCUT2D eigenvalue weighted by Crippen LogP contribution is 2.23. The summed E-state index contributed by atoms with van der Waals surface area (Å²) in [5.74, 6) is -0.386. The molecule has 3 N–H and O–H groups in total. The molecule has 0 bridgehead atoms. The second-order valence-corrected chi connectivity index (χ2v) is 9.83. The van der Waals surface area contributed by atoms with Crippen LogP contribution in [0.15, 0.2) is 0 Å². The van der Waals surface area contributed by atoms with E-state index in [4.69, 9.17) is 10.5 Å². The van der Waals surface area contributed by atoms with Gasteiger partial charge in [0.2, 0.25) is 5.91 Å². The molecule has 1 amide bonds. The first kappa shape index (κ1) is 29.1. The molecule has 176 valence electrons. The van der Waals surface area contributed by atoms with E-state index in [2.05, 4.69) is 17.0 Å². The van der Waals surface area contributed by atoms with Crippen molar-refractivity contribution in [2.45, 2.75) is 89.6 Å². The van der Waals surface area contributed by atoms with E-state index in [9.17, 15) is 14.4 Å². The Hall–Kier alpha value is -0.930. The number of hydrogen-bond acceptors (Lipinski definition) is 8. The van der Waals surface area contributed by atoms with Crippen LogP contribution in [0.25, 0.3) is 0 Å². The number of ether oxygens (including phenoxy) is 2.